The number of thiazole rings is 1. The number of amides is 4. The Bertz CT molecular complexity index is 963. The summed E-state index contributed by atoms with van der Waals surface area (Å²) in [6.07, 6.45) is -0.266. The lowest BCUT2D eigenvalue weighted by atomic mass is 10.1. The van der Waals surface area contributed by atoms with Crippen molar-refractivity contribution in [3.63, 3.8) is 0 Å². The fourth-order valence-corrected chi connectivity index (χ4v) is 3.54. The number of esters is 1. The fraction of sp³-hybridized carbons (Fsp3) is 0.278. The van der Waals surface area contributed by atoms with Gasteiger partial charge in [0, 0.05) is 10.4 Å². The molecule has 2 aromatic rings. The number of urea groups is 1. The molecule has 0 saturated carbocycles. The second-order valence-corrected chi connectivity index (χ2v) is 7.29. The van der Waals surface area contributed by atoms with Crippen molar-refractivity contribution in [2.75, 3.05) is 11.9 Å². The van der Waals surface area contributed by atoms with Gasteiger partial charge in [0.1, 0.15) is 6.04 Å². The van der Waals surface area contributed by atoms with Crippen LogP contribution in [0.25, 0.3) is 0 Å². The van der Waals surface area contributed by atoms with Crippen LogP contribution in [-0.2, 0) is 20.9 Å². The Balaban J connectivity index is 1.58. The molecule has 1 aliphatic heterocycles. The molecular weight excluding hydrogens is 420 g/mol. The second-order valence-electron chi connectivity index (χ2n) is 6.03. The van der Waals surface area contributed by atoms with Crippen molar-refractivity contribution in [2.45, 2.75) is 25.9 Å². The summed E-state index contributed by atoms with van der Waals surface area (Å²) in [7, 11) is 0. The van der Waals surface area contributed by atoms with Gasteiger partial charge in [0.05, 0.1) is 19.6 Å². The van der Waals surface area contributed by atoms with Gasteiger partial charge < -0.3 is 15.4 Å². The summed E-state index contributed by atoms with van der Waals surface area (Å²) in [6, 6.07) is 5.30. The van der Waals surface area contributed by atoms with E-state index in [2.05, 4.69) is 15.6 Å². The molecule has 0 spiro atoms. The van der Waals surface area contributed by atoms with Crippen molar-refractivity contribution in [1.29, 1.82) is 0 Å². The smallest absolute Gasteiger partial charge is 0.357 e. The lowest BCUT2D eigenvalue weighted by Crippen LogP contribution is -2.34. The number of ether oxygens (including phenoxy) is 1. The molecule has 9 nitrogen and oxygen atoms in total. The van der Waals surface area contributed by atoms with Gasteiger partial charge >= 0.3 is 12.0 Å². The van der Waals surface area contributed by atoms with Crippen LogP contribution in [-0.4, -0.2) is 46.3 Å². The minimum atomic E-state index is -0.991. The van der Waals surface area contributed by atoms with Crippen molar-refractivity contribution >= 4 is 51.9 Å². The van der Waals surface area contributed by atoms with Crippen LogP contribution in [0.15, 0.2) is 29.6 Å². The molecule has 1 fully saturated rings. The van der Waals surface area contributed by atoms with Crippen molar-refractivity contribution < 1.29 is 23.9 Å². The molecule has 0 bridgehead atoms. The van der Waals surface area contributed by atoms with Gasteiger partial charge in [-0.15, -0.1) is 11.3 Å². The van der Waals surface area contributed by atoms with Gasteiger partial charge in [0.25, 0.3) is 5.91 Å². The van der Waals surface area contributed by atoms with Gasteiger partial charge in [-0.05, 0) is 18.6 Å². The summed E-state index contributed by atoms with van der Waals surface area (Å²) < 4.78 is 4.83. The van der Waals surface area contributed by atoms with Crippen molar-refractivity contribution in [3.05, 3.63) is 45.9 Å². The van der Waals surface area contributed by atoms with E-state index >= 15 is 0 Å². The van der Waals surface area contributed by atoms with E-state index in [-0.39, 0.29) is 30.4 Å². The van der Waals surface area contributed by atoms with Gasteiger partial charge in [0.15, 0.2) is 10.8 Å². The highest BCUT2D eigenvalue weighted by Gasteiger charge is 2.39. The Kier molecular flexibility index (Phi) is 6.45. The summed E-state index contributed by atoms with van der Waals surface area (Å²) in [6.45, 7) is 1.90. The Morgan fingerprint density at radius 2 is 2.10 bits per heavy atom. The number of nitrogens with one attached hydrogen (secondary N) is 2. The van der Waals surface area contributed by atoms with Crippen LogP contribution in [0.4, 0.5) is 9.93 Å². The third-order valence-corrected chi connectivity index (χ3v) is 5.14. The number of rotatable bonds is 7. The predicted molar refractivity (Wildman–Crippen MR) is 106 cm³/mol. The van der Waals surface area contributed by atoms with Crippen molar-refractivity contribution in [1.82, 2.24) is 15.2 Å². The largest absolute Gasteiger partial charge is 0.461 e. The van der Waals surface area contributed by atoms with Crippen LogP contribution >= 0.6 is 22.9 Å². The van der Waals surface area contributed by atoms with E-state index in [9.17, 15) is 19.2 Å². The molecule has 1 aliphatic rings. The summed E-state index contributed by atoms with van der Waals surface area (Å²) in [5.74, 6) is -1.62. The highest BCUT2D eigenvalue weighted by atomic mass is 35.5. The minimum Gasteiger partial charge on any atom is -0.461 e. The number of hydrogen-bond donors (Lipinski definition) is 2. The molecule has 152 valence electrons. The van der Waals surface area contributed by atoms with Crippen LogP contribution in [0, 0.1) is 0 Å². The number of anilines is 1. The predicted octanol–water partition coefficient (Wildman–Crippen LogP) is 2.42. The normalized spacial score (nSPS) is 15.9. The molecule has 3 rings (SSSR count). The minimum absolute atomic E-state index is 0.0117. The third-order valence-electron chi connectivity index (χ3n) is 4.02. The molecule has 1 saturated heterocycles. The maximum absolute atomic E-state index is 12.5. The van der Waals surface area contributed by atoms with Gasteiger partial charge in [-0.1, -0.05) is 29.8 Å². The first-order chi connectivity index (χ1) is 13.9. The van der Waals surface area contributed by atoms with Crippen LogP contribution in [0.2, 0.25) is 5.02 Å². The molecule has 1 aromatic carbocycles. The standard InChI is InChI=1S/C18H17ClN4O5S/c1-2-28-16(26)13-9-29-17(20-13)22-14(24)7-12-15(25)23(18(27)21-12)8-10-5-3-4-6-11(10)19/h3-6,9,12H,2,7-8H2,1H3,(H,21,27)(H,20,22,24)/t12-/m0/s1. The lowest BCUT2D eigenvalue weighted by Gasteiger charge is -2.14. The van der Waals surface area contributed by atoms with E-state index in [1.54, 1.807) is 31.2 Å². The molecule has 0 unspecified atom stereocenters. The number of hydrogen-bond acceptors (Lipinski definition) is 7. The van der Waals surface area contributed by atoms with E-state index in [1.165, 1.54) is 5.38 Å². The monoisotopic (exact) mass is 436 g/mol. The number of halogens is 1. The number of imide groups is 1. The average Bonchev–Trinajstić information content (AvgIpc) is 3.24. The van der Waals surface area contributed by atoms with Gasteiger partial charge in [-0.3, -0.25) is 14.5 Å². The van der Waals surface area contributed by atoms with E-state index in [0.717, 1.165) is 16.2 Å². The molecular formula is C18H17ClN4O5S. The molecule has 11 heteroatoms. The highest BCUT2D eigenvalue weighted by Crippen LogP contribution is 2.21. The first-order valence-electron chi connectivity index (χ1n) is 8.66. The number of aromatic nitrogens is 1. The van der Waals surface area contributed by atoms with E-state index in [1.807, 2.05) is 0 Å². The van der Waals surface area contributed by atoms with Crippen molar-refractivity contribution in [3.8, 4) is 0 Å². The first kappa shape index (κ1) is 20.7. The summed E-state index contributed by atoms with van der Waals surface area (Å²) >= 11 is 7.13. The molecule has 2 heterocycles. The summed E-state index contributed by atoms with van der Waals surface area (Å²) in [5, 5.41) is 7.10. The molecule has 0 radical (unpaired) electrons. The molecule has 0 aliphatic carbocycles. The molecule has 2 N–H and O–H groups in total. The zero-order chi connectivity index (χ0) is 21.0. The fourth-order valence-electron chi connectivity index (χ4n) is 2.65. The maximum Gasteiger partial charge on any atom is 0.357 e. The zero-order valence-corrected chi connectivity index (χ0v) is 16.9. The third kappa shape index (κ3) is 4.90. The van der Waals surface area contributed by atoms with E-state index in [0.29, 0.717) is 10.6 Å². The average molecular weight is 437 g/mol. The Morgan fingerprint density at radius 3 is 2.83 bits per heavy atom. The quantitative estimate of drug-likeness (QED) is 0.508. The first-order valence-corrected chi connectivity index (χ1v) is 9.92. The van der Waals surface area contributed by atoms with E-state index in [4.69, 9.17) is 16.3 Å². The van der Waals surface area contributed by atoms with Crippen LogP contribution < -0.4 is 10.6 Å². The van der Waals surface area contributed by atoms with Crippen LogP contribution in [0.1, 0.15) is 29.4 Å². The topological polar surface area (TPSA) is 118 Å². The number of carbonyl (C=O) groups is 4. The SMILES string of the molecule is CCOC(=O)c1csc(NC(=O)C[C@@H]2NC(=O)N(Cc3ccccc3Cl)C2=O)n1. The molecule has 4 amide bonds. The molecule has 1 aromatic heterocycles. The number of nitrogens with zero attached hydrogens (tertiary/aromatic N) is 2. The molecule has 29 heavy (non-hydrogen) atoms. The Hall–Kier alpha value is -2.98. The van der Waals surface area contributed by atoms with Gasteiger partial charge in [0.2, 0.25) is 5.91 Å². The number of carbonyl (C=O) groups excluding carboxylic acids is 4. The Morgan fingerprint density at radius 1 is 1.34 bits per heavy atom. The van der Waals surface area contributed by atoms with Crippen LogP contribution in [0.3, 0.4) is 0 Å². The van der Waals surface area contributed by atoms with Gasteiger partial charge in [-0.2, -0.15) is 0 Å². The van der Waals surface area contributed by atoms with Gasteiger partial charge in [-0.25, -0.2) is 14.6 Å². The summed E-state index contributed by atoms with van der Waals surface area (Å²) in [4.78, 5) is 53.5. The van der Waals surface area contributed by atoms with Crippen molar-refractivity contribution in [2.24, 2.45) is 0 Å². The highest BCUT2D eigenvalue weighted by molar-refractivity contribution is 7.14. The lowest BCUT2D eigenvalue weighted by molar-refractivity contribution is -0.130. The maximum atomic E-state index is 12.5. The van der Waals surface area contributed by atoms with Crippen LogP contribution in [0.5, 0.6) is 0 Å². The summed E-state index contributed by atoms with van der Waals surface area (Å²) in [5.41, 5.74) is 0.709. The molecule has 1 atom stereocenters. The second kappa shape index (κ2) is 9.01. The zero-order valence-electron chi connectivity index (χ0n) is 15.3. The number of benzene rings is 1. The van der Waals surface area contributed by atoms with E-state index < -0.39 is 29.9 Å². The Labute approximate surface area is 175 Å².